The highest BCUT2D eigenvalue weighted by molar-refractivity contribution is 6.66. The molecule has 0 spiro atoms. The number of carbonyl (C=O) groups excluding carboxylic acids is 4. The minimum Gasteiger partial charge on any atom is -0.504 e. The van der Waals surface area contributed by atoms with E-state index in [2.05, 4.69) is 15.0 Å². The lowest BCUT2D eigenvalue weighted by Gasteiger charge is -2.16. The summed E-state index contributed by atoms with van der Waals surface area (Å²) in [5.74, 6) is -3.81. The summed E-state index contributed by atoms with van der Waals surface area (Å²) >= 11 is 0. The number of aromatic nitrogens is 3. The van der Waals surface area contributed by atoms with Crippen molar-refractivity contribution in [2.45, 2.75) is 20.8 Å². The number of fused-ring (bicyclic) bond motifs is 3. The van der Waals surface area contributed by atoms with Gasteiger partial charge in [-0.05, 0) is 39.0 Å². The van der Waals surface area contributed by atoms with Crippen molar-refractivity contribution in [2.24, 2.45) is 0 Å². The van der Waals surface area contributed by atoms with Gasteiger partial charge in [0, 0.05) is 50.5 Å². The van der Waals surface area contributed by atoms with Crippen LogP contribution in [0.4, 0.5) is 0 Å². The average Bonchev–Trinajstić information content (AvgIpc) is 3.62. The zero-order chi connectivity index (χ0) is 25.6. The molecule has 178 valence electrons. The minimum atomic E-state index is -0.873. The van der Waals surface area contributed by atoms with Crippen LogP contribution in [0, 0.1) is 6.92 Å². The second-order valence-corrected chi connectivity index (χ2v) is 9.02. The van der Waals surface area contributed by atoms with E-state index in [-0.39, 0.29) is 33.6 Å². The van der Waals surface area contributed by atoms with Crippen LogP contribution in [-0.2, 0) is 19.2 Å². The highest BCUT2D eigenvalue weighted by Gasteiger charge is 2.35. The summed E-state index contributed by atoms with van der Waals surface area (Å²) in [5.41, 5.74) is 1.79. The molecule has 2 aliphatic carbocycles. The van der Waals surface area contributed by atoms with Crippen LogP contribution in [-0.4, -0.2) is 48.3 Å². The van der Waals surface area contributed by atoms with Crippen LogP contribution in [0.3, 0.4) is 0 Å². The highest BCUT2D eigenvalue weighted by Crippen LogP contribution is 2.42. The maximum atomic E-state index is 13.6. The lowest BCUT2D eigenvalue weighted by molar-refractivity contribution is -0.130. The van der Waals surface area contributed by atoms with Gasteiger partial charge in [0.2, 0.25) is 23.1 Å². The lowest BCUT2D eigenvalue weighted by Crippen LogP contribution is -2.41. The maximum absolute atomic E-state index is 13.6. The number of H-pyrrole nitrogens is 3. The van der Waals surface area contributed by atoms with Gasteiger partial charge in [0.05, 0.1) is 33.1 Å². The van der Waals surface area contributed by atoms with Crippen molar-refractivity contribution in [1.82, 2.24) is 15.0 Å². The normalized spacial score (nSPS) is 15.9. The van der Waals surface area contributed by atoms with Gasteiger partial charge in [-0.25, -0.2) is 0 Å². The second kappa shape index (κ2) is 7.05. The summed E-state index contributed by atoms with van der Waals surface area (Å²) in [4.78, 5) is 60.9. The monoisotopic (exact) mass is 481 g/mol. The number of nitrogens with one attached hydrogen (secondary N) is 3. The number of aromatic amines is 3. The largest absolute Gasteiger partial charge is 0.504 e. The first-order chi connectivity index (χ1) is 17.1. The first-order valence-corrected chi connectivity index (χ1v) is 11.2. The molecule has 0 bridgehead atoms. The zero-order valence-corrected chi connectivity index (χ0v) is 19.4. The SMILES string of the molecule is CC1=c2cc(C3=c4cc[nH]c4=C(c4c(O)c(O)c(C)c5[nH]ccc45)C(=O)C3=O)[nH]c2=C(C)C(=O)C1=O. The highest BCUT2D eigenvalue weighted by atomic mass is 16.3. The quantitative estimate of drug-likeness (QED) is 0.194. The van der Waals surface area contributed by atoms with E-state index in [1.54, 1.807) is 44.4 Å². The van der Waals surface area contributed by atoms with E-state index in [1.807, 2.05) is 0 Å². The Balaban J connectivity index is 1.77. The predicted molar refractivity (Wildman–Crippen MR) is 130 cm³/mol. The van der Waals surface area contributed by atoms with Crippen molar-refractivity contribution in [3.63, 3.8) is 0 Å². The van der Waals surface area contributed by atoms with E-state index in [0.29, 0.717) is 43.3 Å². The zero-order valence-electron chi connectivity index (χ0n) is 19.4. The van der Waals surface area contributed by atoms with Gasteiger partial charge in [0.25, 0.3) is 0 Å². The Hall–Kier alpha value is -4.92. The van der Waals surface area contributed by atoms with Crippen LogP contribution < -0.4 is 21.1 Å². The number of ketones is 4. The van der Waals surface area contributed by atoms with Gasteiger partial charge < -0.3 is 25.2 Å². The summed E-state index contributed by atoms with van der Waals surface area (Å²) < 4.78 is 0. The fraction of sp³-hybridized carbons (Fsp3) is 0.111. The Morgan fingerprint density at radius 1 is 0.694 bits per heavy atom. The molecule has 3 heterocycles. The van der Waals surface area contributed by atoms with E-state index >= 15 is 0 Å². The molecule has 0 saturated heterocycles. The smallest absolute Gasteiger partial charge is 0.236 e. The lowest BCUT2D eigenvalue weighted by atomic mass is 9.86. The summed E-state index contributed by atoms with van der Waals surface area (Å²) in [5, 5.41) is 23.5. The summed E-state index contributed by atoms with van der Waals surface area (Å²) in [6, 6.07) is 4.89. The van der Waals surface area contributed by atoms with E-state index in [1.165, 1.54) is 6.92 Å². The molecule has 9 nitrogen and oxygen atoms in total. The number of phenolic OH excluding ortho intramolecular Hbond substituents is 2. The molecule has 4 aromatic rings. The molecule has 1 aromatic carbocycles. The number of benzene rings is 1. The van der Waals surface area contributed by atoms with Crippen LogP contribution in [0.25, 0.3) is 33.2 Å². The van der Waals surface area contributed by atoms with Crippen molar-refractivity contribution in [1.29, 1.82) is 0 Å². The van der Waals surface area contributed by atoms with E-state index in [9.17, 15) is 29.4 Å². The predicted octanol–water partition coefficient (Wildman–Crippen LogP) is -0.413. The second-order valence-electron chi connectivity index (χ2n) is 9.02. The van der Waals surface area contributed by atoms with Gasteiger partial charge in [0.15, 0.2) is 11.5 Å². The molecule has 0 amide bonds. The molecule has 0 aliphatic heterocycles. The third-order valence-corrected chi connectivity index (χ3v) is 7.14. The fourth-order valence-corrected chi connectivity index (χ4v) is 5.19. The number of rotatable bonds is 2. The third kappa shape index (κ3) is 2.54. The molecule has 5 N–H and O–H groups in total. The molecule has 0 fully saturated rings. The summed E-state index contributed by atoms with van der Waals surface area (Å²) in [6.07, 6.45) is 3.19. The number of aryl methyl sites for hydroxylation is 1. The van der Waals surface area contributed by atoms with Gasteiger partial charge in [-0.15, -0.1) is 0 Å². The van der Waals surface area contributed by atoms with Gasteiger partial charge >= 0.3 is 0 Å². The molecule has 36 heavy (non-hydrogen) atoms. The first kappa shape index (κ1) is 21.6. The summed E-state index contributed by atoms with van der Waals surface area (Å²) in [6.45, 7) is 4.71. The van der Waals surface area contributed by atoms with Crippen LogP contribution >= 0.6 is 0 Å². The molecular formula is C27H19N3O6. The van der Waals surface area contributed by atoms with E-state index in [4.69, 9.17) is 0 Å². The molecule has 3 aromatic heterocycles. The van der Waals surface area contributed by atoms with Crippen LogP contribution in [0.1, 0.15) is 30.7 Å². The molecule has 6 rings (SSSR count). The molecule has 0 saturated carbocycles. The number of phenols is 2. The third-order valence-electron chi connectivity index (χ3n) is 7.14. The van der Waals surface area contributed by atoms with E-state index < -0.39 is 28.9 Å². The van der Waals surface area contributed by atoms with Crippen LogP contribution in [0.5, 0.6) is 11.5 Å². The van der Waals surface area contributed by atoms with Crippen molar-refractivity contribution in [3.8, 4) is 11.5 Å². The standard InChI is InChI=1S/C27H19N3O6/c1-9-14-8-15(30-20(14)11(3)23(32)22(9)31)16-12-4-7-29-21(12)18(27(36)25(16)34)17-13-5-6-28-19(13)10(2)24(33)26(17)35/h4-8,28-30,33,35H,1-3H3. The van der Waals surface area contributed by atoms with Crippen LogP contribution in [0.2, 0.25) is 0 Å². The Labute approximate surface area is 201 Å². The minimum absolute atomic E-state index is 0.0470. The number of hydrogen-bond donors (Lipinski definition) is 5. The first-order valence-electron chi connectivity index (χ1n) is 11.2. The Kier molecular flexibility index (Phi) is 4.23. The molecule has 9 heteroatoms. The van der Waals surface area contributed by atoms with Gasteiger partial charge in [0.1, 0.15) is 0 Å². The topological polar surface area (TPSA) is 156 Å². The molecule has 0 unspecified atom stereocenters. The number of hydrogen-bond acceptors (Lipinski definition) is 6. The molecule has 0 radical (unpaired) electrons. The number of aromatic hydroxyl groups is 2. The maximum Gasteiger partial charge on any atom is 0.236 e. The molecule has 0 atom stereocenters. The summed E-state index contributed by atoms with van der Waals surface area (Å²) in [7, 11) is 0. The van der Waals surface area contributed by atoms with Crippen molar-refractivity contribution < 1.29 is 29.4 Å². The van der Waals surface area contributed by atoms with Crippen LogP contribution in [0.15, 0.2) is 30.6 Å². The van der Waals surface area contributed by atoms with E-state index in [0.717, 1.165) is 0 Å². The van der Waals surface area contributed by atoms with Crippen molar-refractivity contribution >= 4 is 56.3 Å². The van der Waals surface area contributed by atoms with Crippen molar-refractivity contribution in [3.05, 3.63) is 68.5 Å². The average molecular weight is 481 g/mol. The Morgan fingerprint density at radius 2 is 1.36 bits per heavy atom. The molecular weight excluding hydrogens is 462 g/mol. The number of carbonyl (C=O) groups is 4. The van der Waals surface area contributed by atoms with Crippen molar-refractivity contribution in [2.75, 3.05) is 0 Å². The molecule has 2 aliphatic rings. The fourth-order valence-electron chi connectivity index (χ4n) is 5.19. The number of Topliss-reactive ketones (excluding diaryl/α,β-unsaturated/α-hetero) is 4. The Morgan fingerprint density at radius 3 is 2.11 bits per heavy atom. The van der Waals surface area contributed by atoms with Gasteiger partial charge in [-0.2, -0.15) is 0 Å². The van der Waals surface area contributed by atoms with Gasteiger partial charge in [-0.3, -0.25) is 19.2 Å². The van der Waals surface area contributed by atoms with Gasteiger partial charge in [-0.1, -0.05) is 0 Å². The Bertz CT molecular complexity index is 1960.